The zero-order valence-corrected chi connectivity index (χ0v) is 12.1. The van der Waals surface area contributed by atoms with Crippen LogP contribution in [0.15, 0.2) is 36.9 Å². The van der Waals surface area contributed by atoms with Gasteiger partial charge in [-0.15, -0.1) is 0 Å². The van der Waals surface area contributed by atoms with Crippen LogP contribution in [0.25, 0.3) is 0 Å². The van der Waals surface area contributed by atoms with Crippen LogP contribution in [-0.2, 0) is 11.3 Å². The maximum atomic E-state index is 11.9. The number of ether oxygens (including phenoxy) is 1. The molecule has 0 bridgehead atoms. The molecule has 0 amide bonds. The van der Waals surface area contributed by atoms with E-state index in [9.17, 15) is 4.79 Å². The summed E-state index contributed by atoms with van der Waals surface area (Å²) in [5.74, 6) is -0.359. The number of nitrogens with two attached hydrogens (primary N) is 1. The molecule has 112 valence electrons. The lowest BCUT2D eigenvalue weighted by Crippen LogP contribution is -2.12. The lowest BCUT2D eigenvalue weighted by Gasteiger charge is -2.12. The van der Waals surface area contributed by atoms with Crippen molar-refractivity contribution < 1.29 is 9.53 Å². The second-order valence-corrected chi connectivity index (χ2v) is 4.61. The number of benzene rings is 1. The Kier molecular flexibility index (Phi) is 5.20. The number of esters is 1. The summed E-state index contributed by atoms with van der Waals surface area (Å²) in [6.07, 6.45) is 6.38. The number of hydrogen-bond acceptors (Lipinski definition) is 5. The average Bonchev–Trinajstić information content (AvgIpc) is 2.98. The summed E-state index contributed by atoms with van der Waals surface area (Å²) in [4.78, 5) is 15.9. The van der Waals surface area contributed by atoms with Gasteiger partial charge in [-0.25, -0.2) is 9.78 Å². The quantitative estimate of drug-likeness (QED) is 0.463. The van der Waals surface area contributed by atoms with E-state index in [4.69, 9.17) is 10.5 Å². The molecule has 0 saturated carbocycles. The summed E-state index contributed by atoms with van der Waals surface area (Å²) in [7, 11) is 0. The monoisotopic (exact) mass is 288 g/mol. The zero-order chi connectivity index (χ0) is 15.1. The number of imidazole rings is 1. The van der Waals surface area contributed by atoms with Gasteiger partial charge in [0.25, 0.3) is 0 Å². The average molecular weight is 288 g/mol. The van der Waals surface area contributed by atoms with E-state index in [1.54, 1.807) is 37.6 Å². The zero-order valence-electron chi connectivity index (χ0n) is 12.1. The molecule has 1 heterocycles. The number of nitrogens with zero attached hydrogens (tertiary/aromatic N) is 2. The molecule has 6 heteroatoms. The molecule has 1 aromatic carbocycles. The van der Waals surface area contributed by atoms with Crippen molar-refractivity contribution in [1.82, 2.24) is 9.55 Å². The molecule has 0 aliphatic carbocycles. The van der Waals surface area contributed by atoms with Crippen LogP contribution in [0.3, 0.4) is 0 Å². The van der Waals surface area contributed by atoms with Gasteiger partial charge in [0.2, 0.25) is 0 Å². The van der Waals surface area contributed by atoms with Crippen molar-refractivity contribution in [2.24, 2.45) is 0 Å². The van der Waals surface area contributed by atoms with Crippen molar-refractivity contribution >= 4 is 17.3 Å². The summed E-state index contributed by atoms with van der Waals surface area (Å²) >= 11 is 0. The molecule has 2 aromatic rings. The van der Waals surface area contributed by atoms with Crippen LogP contribution < -0.4 is 11.1 Å². The van der Waals surface area contributed by atoms with Crippen LogP contribution in [0.5, 0.6) is 0 Å². The summed E-state index contributed by atoms with van der Waals surface area (Å²) in [5, 5.41) is 3.25. The van der Waals surface area contributed by atoms with Gasteiger partial charge in [-0.3, -0.25) is 0 Å². The maximum Gasteiger partial charge on any atom is 0.340 e. The van der Waals surface area contributed by atoms with Gasteiger partial charge < -0.3 is 20.4 Å². The fourth-order valence-corrected chi connectivity index (χ4v) is 2.00. The highest BCUT2D eigenvalue weighted by Crippen LogP contribution is 2.20. The maximum absolute atomic E-state index is 11.9. The second kappa shape index (κ2) is 7.33. The first-order chi connectivity index (χ1) is 10.2. The van der Waals surface area contributed by atoms with E-state index in [1.807, 2.05) is 10.8 Å². The van der Waals surface area contributed by atoms with Crippen molar-refractivity contribution in [1.29, 1.82) is 0 Å². The van der Waals surface area contributed by atoms with Crippen molar-refractivity contribution in [3.8, 4) is 0 Å². The minimum absolute atomic E-state index is 0.341. The molecule has 0 unspecified atom stereocenters. The SMILES string of the molecule is CCOC(=O)c1cc(N)ccc1NCCCn1ccnc1. The molecule has 2 rings (SSSR count). The Balaban J connectivity index is 1.94. The van der Waals surface area contributed by atoms with Gasteiger partial charge in [-0.1, -0.05) is 0 Å². The smallest absolute Gasteiger partial charge is 0.340 e. The normalized spacial score (nSPS) is 10.3. The van der Waals surface area contributed by atoms with Gasteiger partial charge in [-0.05, 0) is 31.5 Å². The molecular weight excluding hydrogens is 268 g/mol. The van der Waals surface area contributed by atoms with Gasteiger partial charge in [0.05, 0.1) is 18.5 Å². The van der Waals surface area contributed by atoms with Crippen LogP contribution in [0.2, 0.25) is 0 Å². The van der Waals surface area contributed by atoms with E-state index in [1.165, 1.54) is 0 Å². The number of rotatable bonds is 7. The second-order valence-electron chi connectivity index (χ2n) is 4.61. The molecule has 3 N–H and O–H groups in total. The highest BCUT2D eigenvalue weighted by atomic mass is 16.5. The minimum atomic E-state index is -0.359. The Labute approximate surface area is 123 Å². The molecule has 0 aliphatic rings. The van der Waals surface area contributed by atoms with Crippen LogP contribution in [0.4, 0.5) is 11.4 Å². The Morgan fingerprint density at radius 1 is 1.48 bits per heavy atom. The summed E-state index contributed by atoms with van der Waals surface area (Å²) < 4.78 is 7.05. The number of hydrogen-bond donors (Lipinski definition) is 2. The number of carbonyl (C=O) groups is 1. The molecule has 0 atom stereocenters. The number of anilines is 2. The lowest BCUT2D eigenvalue weighted by atomic mass is 10.1. The van der Waals surface area contributed by atoms with Crippen molar-refractivity contribution in [2.75, 3.05) is 24.2 Å². The Morgan fingerprint density at radius 3 is 3.05 bits per heavy atom. The van der Waals surface area contributed by atoms with E-state index in [2.05, 4.69) is 10.3 Å². The van der Waals surface area contributed by atoms with Crippen LogP contribution in [0, 0.1) is 0 Å². The third-order valence-corrected chi connectivity index (χ3v) is 3.01. The predicted molar refractivity (Wildman–Crippen MR) is 82.1 cm³/mol. The third-order valence-electron chi connectivity index (χ3n) is 3.01. The van der Waals surface area contributed by atoms with Crippen LogP contribution in [-0.4, -0.2) is 28.7 Å². The van der Waals surface area contributed by atoms with Crippen molar-refractivity contribution in [3.05, 3.63) is 42.5 Å². The molecule has 0 fully saturated rings. The van der Waals surface area contributed by atoms with E-state index in [0.29, 0.717) is 17.9 Å². The van der Waals surface area contributed by atoms with Gasteiger partial charge >= 0.3 is 5.97 Å². The van der Waals surface area contributed by atoms with Crippen LogP contribution in [0.1, 0.15) is 23.7 Å². The third kappa shape index (κ3) is 4.24. The highest BCUT2D eigenvalue weighted by Gasteiger charge is 2.12. The summed E-state index contributed by atoms with van der Waals surface area (Å²) in [6, 6.07) is 5.20. The highest BCUT2D eigenvalue weighted by molar-refractivity contribution is 5.96. The molecule has 6 nitrogen and oxygen atoms in total. The Hall–Kier alpha value is -2.50. The van der Waals surface area contributed by atoms with Crippen LogP contribution >= 0.6 is 0 Å². The first-order valence-corrected chi connectivity index (χ1v) is 6.97. The fraction of sp³-hybridized carbons (Fsp3) is 0.333. The topological polar surface area (TPSA) is 82.2 Å². The van der Waals surface area contributed by atoms with Gasteiger partial charge in [0.15, 0.2) is 0 Å². The predicted octanol–water partition coefficient (Wildman–Crippen LogP) is 2.14. The molecule has 0 aliphatic heterocycles. The number of nitrogen functional groups attached to an aromatic ring is 1. The molecule has 0 spiro atoms. The largest absolute Gasteiger partial charge is 0.462 e. The minimum Gasteiger partial charge on any atom is -0.462 e. The number of aromatic nitrogens is 2. The van der Waals surface area contributed by atoms with Crippen molar-refractivity contribution in [2.45, 2.75) is 19.9 Å². The van der Waals surface area contributed by atoms with Gasteiger partial charge in [-0.2, -0.15) is 0 Å². The molecule has 0 saturated heterocycles. The fourth-order valence-electron chi connectivity index (χ4n) is 2.00. The standard InChI is InChI=1S/C15H20N4O2/c1-2-21-15(20)13-10-12(16)4-5-14(13)18-6-3-8-19-9-7-17-11-19/h4-5,7,9-11,18H,2-3,6,8,16H2,1H3. The molecule has 21 heavy (non-hydrogen) atoms. The molecule has 1 aromatic heterocycles. The van der Waals surface area contributed by atoms with E-state index >= 15 is 0 Å². The van der Waals surface area contributed by atoms with Gasteiger partial charge in [0.1, 0.15) is 0 Å². The number of nitrogens with one attached hydrogen (secondary N) is 1. The number of aryl methyl sites for hydroxylation is 1. The Morgan fingerprint density at radius 2 is 2.33 bits per heavy atom. The van der Waals surface area contributed by atoms with E-state index in [0.717, 1.165) is 25.2 Å². The van der Waals surface area contributed by atoms with Crippen molar-refractivity contribution in [3.63, 3.8) is 0 Å². The first kappa shape index (κ1) is 14.9. The van der Waals surface area contributed by atoms with E-state index in [-0.39, 0.29) is 5.97 Å². The molecule has 0 radical (unpaired) electrons. The Bertz CT molecular complexity index is 581. The van der Waals surface area contributed by atoms with Gasteiger partial charge in [0, 0.05) is 36.9 Å². The lowest BCUT2D eigenvalue weighted by molar-refractivity contribution is 0.0527. The first-order valence-electron chi connectivity index (χ1n) is 6.97. The van der Waals surface area contributed by atoms with E-state index < -0.39 is 0 Å². The molecular formula is C15H20N4O2. The summed E-state index contributed by atoms with van der Waals surface area (Å²) in [5.41, 5.74) is 7.49. The summed E-state index contributed by atoms with van der Waals surface area (Å²) in [6.45, 7) is 3.74. The number of carbonyl (C=O) groups excluding carboxylic acids is 1.